The summed E-state index contributed by atoms with van der Waals surface area (Å²) in [5.74, 6) is 0.821. The van der Waals surface area contributed by atoms with Gasteiger partial charge in [0.05, 0.1) is 6.10 Å². The van der Waals surface area contributed by atoms with E-state index in [9.17, 15) is 5.11 Å². The van der Waals surface area contributed by atoms with Gasteiger partial charge in [-0.15, -0.1) is 0 Å². The van der Waals surface area contributed by atoms with E-state index in [-0.39, 0.29) is 6.10 Å². The Balaban J connectivity index is 1.66. The molecule has 2 rings (SSSR count). The maximum atomic E-state index is 10.1. The van der Waals surface area contributed by atoms with Gasteiger partial charge in [0.15, 0.2) is 0 Å². The van der Waals surface area contributed by atoms with Crippen LogP contribution in [0, 0.1) is 5.92 Å². The highest BCUT2D eigenvalue weighted by molar-refractivity contribution is 4.74. The van der Waals surface area contributed by atoms with E-state index in [0.717, 1.165) is 18.9 Å². The lowest BCUT2D eigenvalue weighted by atomic mass is 10.00. The van der Waals surface area contributed by atoms with Crippen molar-refractivity contribution >= 4 is 0 Å². The Morgan fingerprint density at radius 2 is 1.56 bits per heavy atom. The predicted octanol–water partition coefficient (Wildman–Crippen LogP) is 2.80. The minimum atomic E-state index is -0.0683. The molecule has 0 aromatic carbocycles. The molecule has 2 aliphatic rings. The molecule has 2 heteroatoms. The summed E-state index contributed by atoms with van der Waals surface area (Å²) in [7, 11) is 0. The molecule has 1 N–H and O–H groups in total. The van der Waals surface area contributed by atoms with Crippen molar-refractivity contribution in [1.82, 2.24) is 4.90 Å². The number of aliphatic hydroxyl groups is 1. The third-order valence-electron chi connectivity index (χ3n) is 4.25. The summed E-state index contributed by atoms with van der Waals surface area (Å²) in [6.07, 6.45) is 11.9. The minimum absolute atomic E-state index is 0.0683. The molecule has 0 aromatic heterocycles. The number of rotatable bonds is 4. The molecule has 0 aromatic rings. The summed E-state index contributed by atoms with van der Waals surface area (Å²) < 4.78 is 0. The molecule has 2 fully saturated rings. The zero-order chi connectivity index (χ0) is 11.2. The molecule has 0 radical (unpaired) electrons. The van der Waals surface area contributed by atoms with Crippen LogP contribution in [0.15, 0.2) is 0 Å². The van der Waals surface area contributed by atoms with Crippen LogP contribution in [0.2, 0.25) is 0 Å². The number of hydrogen-bond donors (Lipinski definition) is 1. The highest BCUT2D eigenvalue weighted by Crippen LogP contribution is 2.28. The van der Waals surface area contributed by atoms with E-state index in [1.807, 2.05) is 0 Å². The molecule has 0 amide bonds. The van der Waals surface area contributed by atoms with E-state index in [4.69, 9.17) is 0 Å². The van der Waals surface area contributed by atoms with E-state index >= 15 is 0 Å². The van der Waals surface area contributed by atoms with Crippen LogP contribution in [0.3, 0.4) is 0 Å². The molecule has 16 heavy (non-hydrogen) atoms. The summed E-state index contributed by atoms with van der Waals surface area (Å²) in [5.41, 5.74) is 0. The topological polar surface area (TPSA) is 23.5 Å². The molecule has 2 nitrogen and oxygen atoms in total. The van der Waals surface area contributed by atoms with Crippen molar-refractivity contribution in [3.8, 4) is 0 Å². The highest BCUT2D eigenvalue weighted by atomic mass is 16.3. The standard InChI is InChI=1S/C14H27NO/c16-14(11-13-7-3-4-8-13)12-15-9-5-1-2-6-10-15/h13-14,16H,1-12H2. The molecule has 94 valence electrons. The van der Waals surface area contributed by atoms with Gasteiger partial charge in [-0.3, -0.25) is 0 Å². The van der Waals surface area contributed by atoms with E-state index in [1.165, 1.54) is 64.5 Å². The molecule has 1 aliphatic carbocycles. The normalized spacial score (nSPS) is 26.8. The van der Waals surface area contributed by atoms with Crippen LogP contribution in [0.5, 0.6) is 0 Å². The van der Waals surface area contributed by atoms with Crippen LogP contribution < -0.4 is 0 Å². The maximum Gasteiger partial charge on any atom is 0.0669 e. The van der Waals surface area contributed by atoms with E-state index < -0.39 is 0 Å². The Morgan fingerprint density at radius 1 is 0.938 bits per heavy atom. The average molecular weight is 225 g/mol. The summed E-state index contributed by atoms with van der Waals surface area (Å²) in [5, 5.41) is 10.1. The Hall–Kier alpha value is -0.0800. The average Bonchev–Trinajstić information content (AvgIpc) is 2.62. The fourth-order valence-electron chi connectivity index (χ4n) is 3.32. The van der Waals surface area contributed by atoms with Crippen molar-refractivity contribution in [1.29, 1.82) is 0 Å². The second-order valence-electron chi connectivity index (χ2n) is 5.75. The largest absolute Gasteiger partial charge is 0.392 e. The lowest BCUT2D eigenvalue weighted by Gasteiger charge is -2.24. The SMILES string of the molecule is OC(CC1CCCC1)CN1CCCCCC1. The smallest absolute Gasteiger partial charge is 0.0669 e. The fourth-order valence-corrected chi connectivity index (χ4v) is 3.32. The molecule has 0 spiro atoms. The quantitative estimate of drug-likeness (QED) is 0.795. The van der Waals surface area contributed by atoms with Crippen molar-refractivity contribution in [2.75, 3.05) is 19.6 Å². The van der Waals surface area contributed by atoms with Gasteiger partial charge in [-0.2, -0.15) is 0 Å². The first-order chi connectivity index (χ1) is 7.84. The number of aliphatic hydroxyl groups excluding tert-OH is 1. The molecular formula is C14H27NO. The second-order valence-corrected chi connectivity index (χ2v) is 5.75. The van der Waals surface area contributed by atoms with Gasteiger partial charge < -0.3 is 10.0 Å². The Bertz CT molecular complexity index is 181. The van der Waals surface area contributed by atoms with Gasteiger partial charge in [0.25, 0.3) is 0 Å². The van der Waals surface area contributed by atoms with Gasteiger partial charge in [0, 0.05) is 6.54 Å². The lowest BCUT2D eigenvalue weighted by molar-refractivity contribution is 0.0927. The first-order valence-corrected chi connectivity index (χ1v) is 7.25. The van der Waals surface area contributed by atoms with E-state index in [0.29, 0.717) is 0 Å². The zero-order valence-corrected chi connectivity index (χ0v) is 10.5. The summed E-state index contributed by atoms with van der Waals surface area (Å²) in [6, 6.07) is 0. The van der Waals surface area contributed by atoms with Crippen LogP contribution >= 0.6 is 0 Å². The molecule has 1 saturated carbocycles. The fraction of sp³-hybridized carbons (Fsp3) is 1.00. The second kappa shape index (κ2) is 6.61. The van der Waals surface area contributed by atoms with Gasteiger partial charge in [0.1, 0.15) is 0 Å². The maximum absolute atomic E-state index is 10.1. The predicted molar refractivity (Wildman–Crippen MR) is 67.5 cm³/mol. The monoisotopic (exact) mass is 225 g/mol. The number of hydrogen-bond acceptors (Lipinski definition) is 2. The summed E-state index contributed by atoms with van der Waals surface area (Å²) in [6.45, 7) is 3.35. The van der Waals surface area contributed by atoms with Crippen molar-refractivity contribution in [3.05, 3.63) is 0 Å². The van der Waals surface area contributed by atoms with Crippen molar-refractivity contribution in [3.63, 3.8) is 0 Å². The Morgan fingerprint density at radius 3 is 2.19 bits per heavy atom. The first kappa shape index (κ1) is 12.4. The minimum Gasteiger partial charge on any atom is -0.392 e. The van der Waals surface area contributed by atoms with Crippen molar-refractivity contribution in [2.45, 2.75) is 63.9 Å². The van der Waals surface area contributed by atoms with Gasteiger partial charge >= 0.3 is 0 Å². The molecule has 1 unspecified atom stereocenters. The summed E-state index contributed by atoms with van der Waals surface area (Å²) >= 11 is 0. The zero-order valence-electron chi connectivity index (χ0n) is 10.5. The van der Waals surface area contributed by atoms with Gasteiger partial charge in [0.2, 0.25) is 0 Å². The van der Waals surface area contributed by atoms with Gasteiger partial charge in [-0.05, 0) is 38.3 Å². The third kappa shape index (κ3) is 4.06. The Labute approximate surface area is 100 Å². The molecule has 1 aliphatic heterocycles. The van der Waals surface area contributed by atoms with E-state index in [1.54, 1.807) is 0 Å². The summed E-state index contributed by atoms with van der Waals surface area (Å²) in [4.78, 5) is 2.48. The number of nitrogens with zero attached hydrogens (tertiary/aromatic N) is 1. The van der Waals surface area contributed by atoms with Crippen LogP contribution in [0.25, 0.3) is 0 Å². The molecular weight excluding hydrogens is 198 g/mol. The molecule has 1 heterocycles. The molecule has 1 atom stereocenters. The van der Waals surface area contributed by atoms with Crippen LogP contribution in [0.4, 0.5) is 0 Å². The van der Waals surface area contributed by atoms with E-state index in [2.05, 4.69) is 4.90 Å². The van der Waals surface area contributed by atoms with Gasteiger partial charge in [-0.25, -0.2) is 0 Å². The third-order valence-corrected chi connectivity index (χ3v) is 4.25. The molecule has 1 saturated heterocycles. The lowest BCUT2D eigenvalue weighted by Crippen LogP contribution is -2.34. The Kier molecular flexibility index (Phi) is 5.11. The number of β-amino-alcohol motifs (C(OH)–C–C–N with tert-alkyl or cyclic N) is 1. The van der Waals surface area contributed by atoms with Gasteiger partial charge in [-0.1, -0.05) is 38.5 Å². The van der Waals surface area contributed by atoms with Crippen LogP contribution in [-0.2, 0) is 0 Å². The number of likely N-dealkylation sites (tertiary alicyclic amines) is 1. The highest BCUT2D eigenvalue weighted by Gasteiger charge is 2.20. The first-order valence-electron chi connectivity index (χ1n) is 7.25. The van der Waals surface area contributed by atoms with Crippen LogP contribution in [0.1, 0.15) is 57.8 Å². The van der Waals surface area contributed by atoms with Crippen molar-refractivity contribution < 1.29 is 5.11 Å². The van der Waals surface area contributed by atoms with Crippen molar-refractivity contribution in [2.24, 2.45) is 5.92 Å². The van der Waals surface area contributed by atoms with Crippen LogP contribution in [-0.4, -0.2) is 35.7 Å². The molecule has 0 bridgehead atoms.